The van der Waals surface area contributed by atoms with E-state index in [1.807, 2.05) is 23.9 Å². The van der Waals surface area contributed by atoms with Gasteiger partial charge in [-0.2, -0.15) is 0 Å². The van der Waals surface area contributed by atoms with E-state index in [9.17, 15) is 4.79 Å². The van der Waals surface area contributed by atoms with E-state index >= 15 is 0 Å². The lowest BCUT2D eigenvalue weighted by Crippen LogP contribution is -2.40. The maximum atomic E-state index is 12.0. The Morgan fingerprint density at radius 2 is 2.17 bits per heavy atom. The van der Waals surface area contributed by atoms with Gasteiger partial charge in [-0.15, -0.1) is 11.8 Å². The van der Waals surface area contributed by atoms with Gasteiger partial charge in [0.25, 0.3) is 0 Å². The zero-order valence-electron chi connectivity index (χ0n) is 12.7. The summed E-state index contributed by atoms with van der Waals surface area (Å²) in [4.78, 5) is 21.4. The van der Waals surface area contributed by atoms with E-state index in [2.05, 4.69) is 38.1 Å². The molecule has 0 bridgehead atoms. The highest BCUT2D eigenvalue weighted by Gasteiger charge is 2.21. The van der Waals surface area contributed by atoms with Gasteiger partial charge in [-0.1, -0.05) is 18.2 Å². The summed E-state index contributed by atoms with van der Waals surface area (Å²) in [6.07, 6.45) is 5.85. The summed E-state index contributed by atoms with van der Waals surface area (Å²) in [6.45, 7) is 1.12. The average molecular weight is 329 g/mol. The van der Waals surface area contributed by atoms with Crippen molar-refractivity contribution < 1.29 is 4.79 Å². The maximum Gasteiger partial charge on any atom is 0.315 e. The fourth-order valence-corrected chi connectivity index (χ4v) is 3.58. The number of nitrogens with zero attached hydrogens (tertiary/aromatic N) is 2. The van der Waals surface area contributed by atoms with Crippen molar-refractivity contribution in [3.8, 4) is 0 Å². The Kier molecular flexibility index (Phi) is 5.31. The molecule has 1 unspecified atom stereocenters. The van der Waals surface area contributed by atoms with Crippen LogP contribution in [-0.2, 0) is 0 Å². The molecule has 3 N–H and O–H groups in total. The molecule has 120 valence electrons. The number of hydrogen-bond acceptors (Lipinski definition) is 5. The van der Waals surface area contributed by atoms with Gasteiger partial charge in [-0.25, -0.2) is 9.78 Å². The van der Waals surface area contributed by atoms with Gasteiger partial charge in [0.15, 0.2) is 0 Å². The number of carbonyl (C=O) groups excluding carboxylic acids is 1. The van der Waals surface area contributed by atoms with E-state index in [1.165, 1.54) is 10.5 Å². The molecule has 0 radical (unpaired) electrons. The molecule has 6 nitrogen and oxygen atoms in total. The molecule has 3 rings (SSSR count). The lowest BCUT2D eigenvalue weighted by atomic mass is 10.0. The van der Waals surface area contributed by atoms with Crippen LogP contribution in [0, 0.1) is 0 Å². The Morgan fingerprint density at radius 1 is 1.26 bits per heavy atom. The highest BCUT2D eigenvalue weighted by atomic mass is 32.2. The molecule has 0 fully saturated rings. The van der Waals surface area contributed by atoms with Gasteiger partial charge in [0.1, 0.15) is 5.82 Å². The normalized spacial score (nSPS) is 16.3. The number of carbonyl (C=O) groups is 1. The van der Waals surface area contributed by atoms with Gasteiger partial charge < -0.3 is 16.0 Å². The lowest BCUT2D eigenvalue weighted by molar-refractivity contribution is 0.237. The fourth-order valence-electron chi connectivity index (χ4n) is 2.46. The van der Waals surface area contributed by atoms with Crippen molar-refractivity contribution in [1.82, 2.24) is 20.6 Å². The largest absolute Gasteiger partial charge is 0.367 e. The molecular weight excluding hydrogens is 310 g/mol. The highest BCUT2D eigenvalue weighted by molar-refractivity contribution is 7.99. The number of amides is 2. The molecule has 23 heavy (non-hydrogen) atoms. The van der Waals surface area contributed by atoms with Crippen LogP contribution in [0.5, 0.6) is 0 Å². The van der Waals surface area contributed by atoms with E-state index in [1.54, 1.807) is 18.6 Å². The van der Waals surface area contributed by atoms with Crippen molar-refractivity contribution in [2.75, 3.05) is 24.2 Å². The molecule has 1 aromatic heterocycles. The summed E-state index contributed by atoms with van der Waals surface area (Å²) in [5, 5.41) is 9.02. The summed E-state index contributed by atoms with van der Waals surface area (Å²) in [5.74, 6) is 1.73. The zero-order chi connectivity index (χ0) is 15.9. The van der Waals surface area contributed by atoms with Crippen LogP contribution in [0.3, 0.4) is 0 Å². The number of thioether (sulfide) groups is 1. The highest BCUT2D eigenvalue weighted by Crippen LogP contribution is 2.35. The summed E-state index contributed by atoms with van der Waals surface area (Å²) in [5.41, 5.74) is 1.21. The molecular formula is C16H19N5OS. The molecule has 2 aromatic rings. The Bertz CT molecular complexity index is 652. The Balaban J connectivity index is 1.43. The topological polar surface area (TPSA) is 78.9 Å². The first-order valence-corrected chi connectivity index (χ1v) is 8.57. The summed E-state index contributed by atoms with van der Waals surface area (Å²) < 4.78 is 0. The van der Waals surface area contributed by atoms with Gasteiger partial charge >= 0.3 is 6.03 Å². The molecule has 7 heteroatoms. The molecule has 2 amide bonds. The number of anilines is 1. The fraction of sp³-hybridized carbons (Fsp3) is 0.312. The average Bonchev–Trinajstić information content (AvgIpc) is 2.60. The smallest absolute Gasteiger partial charge is 0.315 e. The number of aromatic nitrogens is 2. The van der Waals surface area contributed by atoms with Crippen LogP contribution >= 0.6 is 11.8 Å². The standard InChI is InChI=1S/C16H19N5OS/c22-16(20-9-8-19-15-11-17-6-7-18-15)21-13-5-10-23-14-4-2-1-3-12(13)14/h1-4,6-7,11,13H,5,8-10H2,(H,18,19)(H2,20,21,22). The monoisotopic (exact) mass is 329 g/mol. The van der Waals surface area contributed by atoms with Crippen LogP contribution in [0.2, 0.25) is 0 Å². The number of urea groups is 1. The van der Waals surface area contributed by atoms with Gasteiger partial charge in [-0.05, 0) is 18.1 Å². The predicted molar refractivity (Wildman–Crippen MR) is 91.6 cm³/mol. The van der Waals surface area contributed by atoms with Gasteiger partial charge in [-0.3, -0.25) is 4.98 Å². The Hall–Kier alpha value is -2.28. The summed E-state index contributed by atoms with van der Waals surface area (Å²) >= 11 is 1.84. The molecule has 1 aromatic carbocycles. The van der Waals surface area contributed by atoms with E-state index in [-0.39, 0.29) is 12.1 Å². The molecule has 1 atom stereocenters. The number of nitrogens with one attached hydrogen (secondary N) is 3. The van der Waals surface area contributed by atoms with Crippen molar-refractivity contribution in [1.29, 1.82) is 0 Å². The lowest BCUT2D eigenvalue weighted by Gasteiger charge is -2.25. The minimum Gasteiger partial charge on any atom is -0.367 e. The van der Waals surface area contributed by atoms with Crippen LogP contribution in [0.25, 0.3) is 0 Å². The summed E-state index contributed by atoms with van der Waals surface area (Å²) in [6, 6.07) is 8.19. The van der Waals surface area contributed by atoms with Gasteiger partial charge in [0.05, 0.1) is 12.2 Å². The minimum absolute atomic E-state index is 0.0837. The van der Waals surface area contributed by atoms with Crippen LogP contribution < -0.4 is 16.0 Å². The second-order valence-corrected chi connectivity index (χ2v) is 6.28. The summed E-state index contributed by atoms with van der Waals surface area (Å²) in [7, 11) is 0. The first-order valence-electron chi connectivity index (χ1n) is 7.59. The number of benzene rings is 1. The zero-order valence-corrected chi connectivity index (χ0v) is 13.5. The first-order chi connectivity index (χ1) is 11.3. The van der Waals surface area contributed by atoms with Crippen molar-refractivity contribution >= 4 is 23.6 Å². The van der Waals surface area contributed by atoms with Crippen LogP contribution in [-0.4, -0.2) is 34.8 Å². The number of rotatable bonds is 5. The van der Waals surface area contributed by atoms with E-state index < -0.39 is 0 Å². The maximum absolute atomic E-state index is 12.0. The van der Waals surface area contributed by atoms with Crippen LogP contribution in [0.15, 0.2) is 47.8 Å². The number of hydrogen-bond donors (Lipinski definition) is 3. The molecule has 1 aliphatic rings. The van der Waals surface area contributed by atoms with Crippen molar-refractivity contribution in [3.05, 3.63) is 48.4 Å². The molecule has 0 spiro atoms. The van der Waals surface area contributed by atoms with E-state index in [4.69, 9.17) is 0 Å². The predicted octanol–water partition coefficient (Wildman–Crippen LogP) is 2.42. The molecule has 2 heterocycles. The molecule has 0 saturated heterocycles. The van der Waals surface area contributed by atoms with Crippen molar-refractivity contribution in [3.63, 3.8) is 0 Å². The second-order valence-electron chi connectivity index (χ2n) is 5.15. The second kappa shape index (κ2) is 7.82. The van der Waals surface area contributed by atoms with Crippen LogP contribution in [0.1, 0.15) is 18.0 Å². The third-order valence-electron chi connectivity index (χ3n) is 3.54. The van der Waals surface area contributed by atoms with E-state index in [0.29, 0.717) is 18.9 Å². The minimum atomic E-state index is -0.141. The van der Waals surface area contributed by atoms with E-state index in [0.717, 1.165) is 12.2 Å². The quantitative estimate of drug-likeness (QED) is 0.734. The Morgan fingerprint density at radius 3 is 3.04 bits per heavy atom. The third-order valence-corrected chi connectivity index (χ3v) is 4.67. The number of fused-ring (bicyclic) bond motifs is 1. The Labute approximate surface area is 139 Å². The van der Waals surface area contributed by atoms with Crippen molar-refractivity contribution in [2.45, 2.75) is 17.4 Å². The molecule has 0 aliphatic carbocycles. The SMILES string of the molecule is O=C(NCCNc1cnccn1)NC1CCSc2ccccc21. The van der Waals surface area contributed by atoms with Gasteiger partial charge in [0.2, 0.25) is 0 Å². The van der Waals surface area contributed by atoms with Gasteiger partial charge in [0, 0.05) is 36.1 Å². The van der Waals surface area contributed by atoms with Crippen molar-refractivity contribution in [2.24, 2.45) is 0 Å². The third kappa shape index (κ3) is 4.35. The first kappa shape index (κ1) is 15.6. The molecule has 1 aliphatic heterocycles. The molecule has 0 saturated carbocycles. The van der Waals surface area contributed by atoms with Crippen LogP contribution in [0.4, 0.5) is 10.6 Å².